The highest BCUT2D eigenvalue weighted by Crippen LogP contribution is 2.29. The van der Waals surface area contributed by atoms with Crippen LogP contribution in [0.4, 0.5) is 11.4 Å². The number of rotatable bonds is 4. The number of nitrogens with zero attached hydrogens (tertiary/aromatic N) is 1. The summed E-state index contributed by atoms with van der Waals surface area (Å²) >= 11 is 0. The molecule has 0 bridgehead atoms. The molecule has 4 heteroatoms. The summed E-state index contributed by atoms with van der Waals surface area (Å²) in [5.74, 6) is -0.103. The molecule has 29 heavy (non-hydrogen) atoms. The number of benzene rings is 3. The number of anilines is 2. The molecule has 2 amide bonds. The van der Waals surface area contributed by atoms with Crippen molar-refractivity contribution in [1.29, 1.82) is 0 Å². The van der Waals surface area contributed by atoms with E-state index in [1.165, 1.54) is 5.56 Å². The summed E-state index contributed by atoms with van der Waals surface area (Å²) in [7, 11) is 0. The van der Waals surface area contributed by atoms with E-state index in [1.807, 2.05) is 67.3 Å². The summed E-state index contributed by atoms with van der Waals surface area (Å²) in [5, 5.41) is 2.97. The molecule has 0 fully saturated rings. The van der Waals surface area contributed by atoms with Gasteiger partial charge in [-0.2, -0.15) is 0 Å². The number of amides is 2. The maximum absolute atomic E-state index is 12.9. The number of carbonyl (C=O) groups excluding carboxylic acids is 2. The number of hydrogen-bond donors (Lipinski definition) is 1. The lowest BCUT2D eigenvalue weighted by Gasteiger charge is -2.24. The number of nitrogens with one attached hydrogen (secondary N) is 1. The van der Waals surface area contributed by atoms with Crippen LogP contribution in [-0.2, 0) is 16.6 Å². The van der Waals surface area contributed by atoms with E-state index < -0.39 is 5.41 Å². The molecule has 1 heterocycles. The van der Waals surface area contributed by atoms with E-state index in [0.717, 1.165) is 17.7 Å². The van der Waals surface area contributed by atoms with E-state index in [0.29, 0.717) is 17.8 Å². The first-order valence-electron chi connectivity index (χ1n) is 9.83. The molecule has 0 aromatic heterocycles. The van der Waals surface area contributed by atoms with Crippen molar-refractivity contribution in [3.63, 3.8) is 0 Å². The first kappa shape index (κ1) is 18.9. The monoisotopic (exact) mass is 384 g/mol. The number of hydrogen-bond acceptors (Lipinski definition) is 2. The van der Waals surface area contributed by atoms with E-state index in [-0.39, 0.29) is 11.8 Å². The quantitative estimate of drug-likeness (QED) is 0.702. The van der Waals surface area contributed by atoms with E-state index >= 15 is 0 Å². The normalized spacial score (nSPS) is 13.1. The predicted octanol–water partition coefficient (Wildman–Crippen LogP) is 4.81. The van der Waals surface area contributed by atoms with Crippen molar-refractivity contribution in [1.82, 2.24) is 0 Å². The molecule has 0 radical (unpaired) electrons. The van der Waals surface area contributed by atoms with Gasteiger partial charge in [-0.15, -0.1) is 0 Å². The van der Waals surface area contributed by atoms with Crippen molar-refractivity contribution in [3.05, 3.63) is 95.6 Å². The molecule has 1 aliphatic rings. The van der Waals surface area contributed by atoms with Crippen LogP contribution in [0.2, 0.25) is 0 Å². The van der Waals surface area contributed by atoms with Crippen LogP contribution < -0.4 is 10.2 Å². The Labute approximate surface area is 171 Å². The second-order valence-corrected chi connectivity index (χ2v) is 7.86. The zero-order valence-corrected chi connectivity index (χ0v) is 16.7. The van der Waals surface area contributed by atoms with Crippen LogP contribution in [0.25, 0.3) is 0 Å². The standard InChI is InChI=1S/C25H24N2O2/c1-25(2,20-9-4-3-5-10-20)24(29)26-21-14-12-19(13-15-21)23(28)27-17-16-18-8-6-7-11-22(18)27/h3-15H,16-17H2,1-2H3,(H,26,29). The Balaban J connectivity index is 1.47. The highest BCUT2D eigenvalue weighted by Gasteiger charge is 2.30. The molecule has 4 nitrogen and oxygen atoms in total. The fourth-order valence-corrected chi connectivity index (χ4v) is 3.67. The molecule has 0 saturated carbocycles. The van der Waals surface area contributed by atoms with Crippen molar-refractivity contribution in [2.45, 2.75) is 25.7 Å². The smallest absolute Gasteiger partial charge is 0.258 e. The van der Waals surface area contributed by atoms with Gasteiger partial charge >= 0.3 is 0 Å². The van der Waals surface area contributed by atoms with Crippen molar-refractivity contribution >= 4 is 23.2 Å². The fraction of sp³-hybridized carbons (Fsp3) is 0.200. The Kier molecular flexibility index (Phi) is 4.93. The van der Waals surface area contributed by atoms with E-state index in [9.17, 15) is 9.59 Å². The molecule has 0 spiro atoms. The summed E-state index contributed by atoms with van der Waals surface area (Å²) in [6, 6.07) is 24.8. The van der Waals surface area contributed by atoms with E-state index in [2.05, 4.69) is 11.4 Å². The molecule has 0 aliphatic carbocycles. The van der Waals surface area contributed by atoms with Crippen molar-refractivity contribution in [2.75, 3.05) is 16.8 Å². The van der Waals surface area contributed by atoms with Crippen LogP contribution in [0.1, 0.15) is 35.3 Å². The van der Waals surface area contributed by atoms with Gasteiger partial charge in [-0.05, 0) is 61.7 Å². The number of para-hydroxylation sites is 1. The van der Waals surface area contributed by atoms with Crippen LogP contribution >= 0.6 is 0 Å². The number of carbonyl (C=O) groups is 2. The van der Waals surface area contributed by atoms with Gasteiger partial charge in [-0.3, -0.25) is 9.59 Å². The fourth-order valence-electron chi connectivity index (χ4n) is 3.67. The molecule has 0 atom stereocenters. The highest BCUT2D eigenvalue weighted by atomic mass is 16.2. The van der Waals surface area contributed by atoms with Gasteiger partial charge in [0, 0.05) is 23.5 Å². The molecule has 3 aromatic carbocycles. The van der Waals surface area contributed by atoms with Gasteiger partial charge in [-0.1, -0.05) is 48.5 Å². The maximum atomic E-state index is 12.9. The third-order valence-corrected chi connectivity index (χ3v) is 5.59. The van der Waals surface area contributed by atoms with Gasteiger partial charge in [0.05, 0.1) is 5.41 Å². The Hall–Kier alpha value is -3.40. The Morgan fingerprint density at radius 1 is 0.862 bits per heavy atom. The van der Waals surface area contributed by atoms with Crippen LogP contribution in [0, 0.1) is 0 Å². The van der Waals surface area contributed by atoms with E-state index in [1.54, 1.807) is 24.3 Å². The van der Waals surface area contributed by atoms with Gasteiger partial charge in [0.1, 0.15) is 0 Å². The first-order chi connectivity index (χ1) is 14.0. The van der Waals surface area contributed by atoms with Crippen LogP contribution in [-0.4, -0.2) is 18.4 Å². The lowest BCUT2D eigenvalue weighted by atomic mass is 9.83. The van der Waals surface area contributed by atoms with Crippen LogP contribution in [0.3, 0.4) is 0 Å². The SMILES string of the molecule is CC(C)(C(=O)Nc1ccc(C(=O)N2CCc3ccccc32)cc1)c1ccccc1. The second-order valence-electron chi connectivity index (χ2n) is 7.86. The molecule has 0 unspecified atom stereocenters. The first-order valence-corrected chi connectivity index (χ1v) is 9.83. The Morgan fingerprint density at radius 3 is 2.24 bits per heavy atom. The molecule has 3 aromatic rings. The maximum Gasteiger partial charge on any atom is 0.258 e. The lowest BCUT2D eigenvalue weighted by molar-refractivity contribution is -0.120. The van der Waals surface area contributed by atoms with E-state index in [4.69, 9.17) is 0 Å². The minimum absolute atomic E-state index is 0.0163. The molecule has 1 aliphatic heterocycles. The largest absolute Gasteiger partial charge is 0.325 e. The molecule has 0 saturated heterocycles. The minimum atomic E-state index is -0.658. The topological polar surface area (TPSA) is 49.4 Å². The average Bonchev–Trinajstić information content (AvgIpc) is 3.18. The zero-order chi connectivity index (χ0) is 20.4. The summed E-state index contributed by atoms with van der Waals surface area (Å²) in [5.41, 5.74) is 3.78. The summed E-state index contributed by atoms with van der Waals surface area (Å²) in [6.07, 6.45) is 0.880. The molecule has 4 rings (SSSR count). The highest BCUT2D eigenvalue weighted by molar-refractivity contribution is 6.07. The van der Waals surface area contributed by atoms with Crippen molar-refractivity contribution in [3.8, 4) is 0 Å². The average molecular weight is 384 g/mol. The minimum Gasteiger partial charge on any atom is -0.325 e. The number of fused-ring (bicyclic) bond motifs is 1. The summed E-state index contributed by atoms with van der Waals surface area (Å²) in [6.45, 7) is 4.50. The predicted molar refractivity (Wildman–Crippen MR) is 116 cm³/mol. The van der Waals surface area contributed by atoms with Gasteiger partial charge in [0.2, 0.25) is 5.91 Å². The van der Waals surface area contributed by atoms with Gasteiger partial charge in [-0.25, -0.2) is 0 Å². The van der Waals surface area contributed by atoms with Crippen molar-refractivity contribution < 1.29 is 9.59 Å². The molecule has 146 valence electrons. The van der Waals surface area contributed by atoms with Gasteiger partial charge in [0.25, 0.3) is 5.91 Å². The Bertz CT molecular complexity index is 1040. The van der Waals surface area contributed by atoms with Crippen LogP contribution in [0.15, 0.2) is 78.9 Å². The van der Waals surface area contributed by atoms with Crippen molar-refractivity contribution in [2.24, 2.45) is 0 Å². The third kappa shape index (κ3) is 3.66. The van der Waals surface area contributed by atoms with Crippen LogP contribution in [0.5, 0.6) is 0 Å². The Morgan fingerprint density at radius 2 is 1.52 bits per heavy atom. The summed E-state index contributed by atoms with van der Waals surface area (Å²) in [4.78, 5) is 27.6. The second kappa shape index (κ2) is 7.55. The lowest BCUT2D eigenvalue weighted by Crippen LogP contribution is -2.34. The summed E-state index contributed by atoms with van der Waals surface area (Å²) < 4.78 is 0. The molecular formula is C25H24N2O2. The third-order valence-electron chi connectivity index (χ3n) is 5.59. The molecule has 1 N–H and O–H groups in total. The molecular weight excluding hydrogens is 360 g/mol. The van der Waals surface area contributed by atoms with Gasteiger partial charge < -0.3 is 10.2 Å². The zero-order valence-electron chi connectivity index (χ0n) is 16.7. The van der Waals surface area contributed by atoms with Gasteiger partial charge in [0.15, 0.2) is 0 Å².